The molecular weight excluding hydrogens is 316 g/mol. The molecule has 0 aliphatic carbocycles. The fraction of sp³-hybridized carbons (Fsp3) is 0.143. The maximum Gasteiger partial charge on any atom is 0.253 e. The minimum absolute atomic E-state index is 0.0184. The van der Waals surface area contributed by atoms with Gasteiger partial charge < -0.3 is 10.6 Å². The van der Waals surface area contributed by atoms with Crippen LogP contribution in [0.1, 0.15) is 15.9 Å². The third-order valence-electron chi connectivity index (χ3n) is 2.78. The molecule has 2 aromatic rings. The summed E-state index contributed by atoms with van der Waals surface area (Å²) in [6.45, 7) is 0.226. The molecule has 2 N–H and O–H groups in total. The molecule has 0 radical (unpaired) electrons. The van der Waals surface area contributed by atoms with E-state index in [-0.39, 0.29) is 17.5 Å². The van der Waals surface area contributed by atoms with Gasteiger partial charge in [-0.3, -0.25) is 4.79 Å². The molecule has 1 amide bonds. The molecule has 0 bridgehead atoms. The summed E-state index contributed by atoms with van der Waals surface area (Å²) in [4.78, 5) is 16.0. The molecule has 0 saturated carbocycles. The summed E-state index contributed by atoms with van der Waals surface area (Å²) in [7, 11) is 1.69. The topological polar surface area (TPSA) is 54.0 Å². The van der Waals surface area contributed by atoms with E-state index in [9.17, 15) is 9.18 Å². The summed E-state index contributed by atoms with van der Waals surface area (Å²) < 4.78 is 13.0. The number of hydrogen-bond acceptors (Lipinski definition) is 3. The molecule has 1 aromatic carbocycles. The van der Waals surface area contributed by atoms with Crippen molar-refractivity contribution in [1.29, 1.82) is 0 Å². The second kappa shape index (κ2) is 6.74. The van der Waals surface area contributed by atoms with Crippen molar-refractivity contribution in [1.82, 2.24) is 10.3 Å². The SMILES string of the molecule is CNc1ncc(C(=O)NCc2ccc(F)c(Cl)c2)cc1Cl. The number of nitrogens with one attached hydrogen (secondary N) is 2. The fourth-order valence-corrected chi connectivity index (χ4v) is 2.14. The number of pyridine rings is 1. The zero-order valence-corrected chi connectivity index (χ0v) is 12.6. The van der Waals surface area contributed by atoms with Gasteiger partial charge >= 0.3 is 0 Å². The Morgan fingerprint density at radius 3 is 2.67 bits per heavy atom. The molecule has 1 heterocycles. The van der Waals surface area contributed by atoms with E-state index in [4.69, 9.17) is 23.2 Å². The van der Waals surface area contributed by atoms with E-state index in [1.54, 1.807) is 13.1 Å². The first-order chi connectivity index (χ1) is 10.0. The molecule has 7 heteroatoms. The van der Waals surface area contributed by atoms with E-state index in [0.717, 1.165) is 0 Å². The van der Waals surface area contributed by atoms with Gasteiger partial charge in [0.25, 0.3) is 5.91 Å². The predicted molar refractivity (Wildman–Crippen MR) is 81.4 cm³/mol. The standard InChI is InChI=1S/C14H12Cl2FN3O/c1-18-13-11(16)5-9(7-19-13)14(21)20-6-8-2-3-12(17)10(15)4-8/h2-5,7H,6H2,1H3,(H,18,19)(H,20,21). The summed E-state index contributed by atoms with van der Waals surface area (Å²) >= 11 is 11.6. The molecule has 110 valence electrons. The number of carbonyl (C=O) groups is 1. The van der Waals surface area contributed by atoms with Crippen LogP contribution in [0.3, 0.4) is 0 Å². The minimum Gasteiger partial charge on any atom is -0.372 e. The lowest BCUT2D eigenvalue weighted by atomic mass is 10.2. The van der Waals surface area contributed by atoms with Gasteiger partial charge in [-0.05, 0) is 23.8 Å². The second-order valence-corrected chi connectivity index (χ2v) is 5.05. The molecule has 0 fully saturated rings. The van der Waals surface area contributed by atoms with Crippen molar-refractivity contribution in [3.05, 3.63) is 57.5 Å². The Kier molecular flexibility index (Phi) is 4.98. The number of hydrogen-bond donors (Lipinski definition) is 2. The molecule has 0 atom stereocenters. The molecule has 0 aliphatic rings. The Morgan fingerprint density at radius 1 is 1.29 bits per heavy atom. The van der Waals surface area contributed by atoms with Crippen molar-refractivity contribution in [3.8, 4) is 0 Å². The lowest BCUT2D eigenvalue weighted by Gasteiger charge is -2.08. The van der Waals surface area contributed by atoms with Gasteiger partial charge in [0, 0.05) is 19.8 Å². The number of aromatic nitrogens is 1. The lowest BCUT2D eigenvalue weighted by Crippen LogP contribution is -2.23. The van der Waals surface area contributed by atoms with E-state index in [1.807, 2.05) is 0 Å². The van der Waals surface area contributed by atoms with Crippen LogP contribution in [0.25, 0.3) is 0 Å². The van der Waals surface area contributed by atoms with E-state index in [0.29, 0.717) is 22.0 Å². The third kappa shape index (κ3) is 3.83. The van der Waals surface area contributed by atoms with Gasteiger partial charge in [0.2, 0.25) is 0 Å². The van der Waals surface area contributed by atoms with Gasteiger partial charge in [-0.1, -0.05) is 29.3 Å². The normalized spacial score (nSPS) is 10.3. The summed E-state index contributed by atoms with van der Waals surface area (Å²) in [5.74, 6) is -0.323. The largest absolute Gasteiger partial charge is 0.372 e. The molecular formula is C14H12Cl2FN3O. The second-order valence-electron chi connectivity index (χ2n) is 4.24. The van der Waals surface area contributed by atoms with Crippen LogP contribution in [0.2, 0.25) is 10.0 Å². The quantitative estimate of drug-likeness (QED) is 0.903. The van der Waals surface area contributed by atoms with Crippen molar-refractivity contribution in [2.45, 2.75) is 6.54 Å². The molecule has 21 heavy (non-hydrogen) atoms. The zero-order valence-electron chi connectivity index (χ0n) is 11.1. The Balaban J connectivity index is 2.04. The smallest absolute Gasteiger partial charge is 0.253 e. The Labute approximate surface area is 131 Å². The molecule has 0 spiro atoms. The highest BCUT2D eigenvalue weighted by molar-refractivity contribution is 6.33. The highest BCUT2D eigenvalue weighted by Gasteiger charge is 2.09. The van der Waals surface area contributed by atoms with Gasteiger partial charge in [-0.15, -0.1) is 0 Å². The first kappa shape index (κ1) is 15.5. The van der Waals surface area contributed by atoms with Crippen LogP contribution < -0.4 is 10.6 Å². The lowest BCUT2D eigenvalue weighted by molar-refractivity contribution is 0.0950. The maximum absolute atomic E-state index is 13.0. The van der Waals surface area contributed by atoms with E-state index >= 15 is 0 Å². The van der Waals surface area contributed by atoms with Gasteiger partial charge in [-0.2, -0.15) is 0 Å². The van der Waals surface area contributed by atoms with Crippen LogP contribution in [-0.4, -0.2) is 17.9 Å². The van der Waals surface area contributed by atoms with E-state index < -0.39 is 5.82 Å². The van der Waals surface area contributed by atoms with Crippen molar-refractivity contribution in [2.75, 3.05) is 12.4 Å². The summed E-state index contributed by atoms with van der Waals surface area (Å²) in [6.07, 6.45) is 1.42. The Morgan fingerprint density at radius 2 is 2.05 bits per heavy atom. The monoisotopic (exact) mass is 327 g/mol. The summed E-state index contributed by atoms with van der Waals surface area (Å²) in [6, 6.07) is 5.79. The average Bonchev–Trinajstić information content (AvgIpc) is 2.48. The van der Waals surface area contributed by atoms with Crippen molar-refractivity contribution < 1.29 is 9.18 Å². The first-order valence-corrected chi connectivity index (χ1v) is 6.82. The van der Waals surface area contributed by atoms with Crippen molar-refractivity contribution >= 4 is 34.9 Å². The van der Waals surface area contributed by atoms with Crippen LogP contribution in [0.4, 0.5) is 10.2 Å². The van der Waals surface area contributed by atoms with E-state index in [2.05, 4.69) is 15.6 Å². The molecule has 4 nitrogen and oxygen atoms in total. The third-order valence-corrected chi connectivity index (χ3v) is 3.36. The highest BCUT2D eigenvalue weighted by Crippen LogP contribution is 2.19. The molecule has 0 unspecified atom stereocenters. The highest BCUT2D eigenvalue weighted by atomic mass is 35.5. The predicted octanol–water partition coefficient (Wildman–Crippen LogP) is 3.50. The van der Waals surface area contributed by atoms with Crippen LogP contribution in [0.15, 0.2) is 30.5 Å². The molecule has 0 saturated heterocycles. The Hall–Kier alpha value is -1.85. The number of anilines is 1. The summed E-state index contributed by atoms with van der Waals surface area (Å²) in [5.41, 5.74) is 1.04. The minimum atomic E-state index is -0.495. The first-order valence-electron chi connectivity index (χ1n) is 6.06. The van der Waals surface area contributed by atoms with Crippen LogP contribution in [-0.2, 0) is 6.54 Å². The van der Waals surface area contributed by atoms with Gasteiger partial charge in [0.05, 0.1) is 15.6 Å². The van der Waals surface area contributed by atoms with Crippen molar-refractivity contribution in [2.24, 2.45) is 0 Å². The number of benzene rings is 1. The Bertz CT molecular complexity index is 679. The number of nitrogens with zero attached hydrogens (tertiary/aromatic N) is 1. The molecule has 1 aromatic heterocycles. The molecule has 2 rings (SSSR count). The average molecular weight is 328 g/mol. The summed E-state index contributed by atoms with van der Waals surface area (Å²) in [5, 5.41) is 5.87. The maximum atomic E-state index is 13.0. The number of rotatable bonds is 4. The number of amides is 1. The fourth-order valence-electron chi connectivity index (χ4n) is 1.68. The molecule has 0 aliphatic heterocycles. The van der Waals surface area contributed by atoms with Crippen LogP contribution >= 0.6 is 23.2 Å². The van der Waals surface area contributed by atoms with Crippen LogP contribution in [0.5, 0.6) is 0 Å². The van der Waals surface area contributed by atoms with Gasteiger partial charge in [0.15, 0.2) is 0 Å². The van der Waals surface area contributed by atoms with Gasteiger partial charge in [-0.25, -0.2) is 9.37 Å². The number of halogens is 3. The van der Waals surface area contributed by atoms with Crippen molar-refractivity contribution in [3.63, 3.8) is 0 Å². The van der Waals surface area contributed by atoms with Gasteiger partial charge in [0.1, 0.15) is 11.6 Å². The van der Waals surface area contributed by atoms with Crippen LogP contribution in [0, 0.1) is 5.82 Å². The zero-order chi connectivity index (χ0) is 15.4. The van der Waals surface area contributed by atoms with E-state index in [1.165, 1.54) is 24.4 Å². The number of carbonyl (C=O) groups excluding carboxylic acids is 1.